The molecule has 0 spiro atoms. The minimum Gasteiger partial charge on any atom is -0.378 e. The maximum absolute atomic E-state index is 6.69. The van der Waals surface area contributed by atoms with Gasteiger partial charge in [0.05, 0.1) is 59.5 Å². The van der Waals surface area contributed by atoms with Crippen molar-refractivity contribution >= 4 is 22.6 Å². The Morgan fingerprint density at radius 2 is 0.743 bits per heavy atom. The van der Waals surface area contributed by atoms with Gasteiger partial charge in [0.1, 0.15) is 5.60 Å². The van der Waals surface area contributed by atoms with Crippen molar-refractivity contribution in [2.24, 2.45) is 0 Å². The summed E-state index contributed by atoms with van der Waals surface area (Å²) in [6, 6.07) is 31.1. The highest BCUT2D eigenvalue weighted by Crippen LogP contribution is 2.40. The highest BCUT2D eigenvalue weighted by atomic mass is 127. The molecule has 0 saturated heterocycles. The van der Waals surface area contributed by atoms with Gasteiger partial charge in [-0.2, -0.15) is 0 Å². The molecule has 0 unspecified atom stereocenters. The van der Waals surface area contributed by atoms with Crippen LogP contribution in [0, 0.1) is 0 Å². The van der Waals surface area contributed by atoms with Crippen LogP contribution < -0.4 is 0 Å². The van der Waals surface area contributed by atoms with Crippen LogP contribution >= 0.6 is 22.6 Å². The van der Waals surface area contributed by atoms with E-state index in [0.717, 1.165) is 27.7 Å². The zero-order valence-corrected chi connectivity index (χ0v) is 22.3. The maximum atomic E-state index is 6.69. The van der Waals surface area contributed by atoms with Crippen LogP contribution in [0.5, 0.6) is 0 Å². The predicted molar refractivity (Wildman–Crippen MR) is 147 cm³/mol. The smallest absolute Gasteiger partial charge is 0.143 e. The van der Waals surface area contributed by atoms with Crippen LogP contribution in [0.25, 0.3) is 0 Å². The third-order valence-electron chi connectivity index (χ3n) is 5.42. The van der Waals surface area contributed by atoms with E-state index in [9.17, 15) is 0 Å². The largest absolute Gasteiger partial charge is 0.378 e. The Morgan fingerprint density at radius 1 is 0.429 bits per heavy atom. The van der Waals surface area contributed by atoms with Gasteiger partial charge in [-0.25, -0.2) is 0 Å². The van der Waals surface area contributed by atoms with Crippen LogP contribution in [0.4, 0.5) is 0 Å². The van der Waals surface area contributed by atoms with Crippen molar-refractivity contribution < 1.29 is 23.7 Å². The molecular weight excluding hydrogens is 555 g/mol. The molecule has 35 heavy (non-hydrogen) atoms. The summed E-state index contributed by atoms with van der Waals surface area (Å²) in [5.74, 6) is 0. The van der Waals surface area contributed by atoms with Crippen molar-refractivity contribution in [3.63, 3.8) is 0 Å². The summed E-state index contributed by atoms with van der Waals surface area (Å²) >= 11 is 2.29. The number of halogens is 1. The van der Waals surface area contributed by atoms with Crippen LogP contribution in [-0.4, -0.2) is 63.9 Å². The molecular formula is C29H35IO5. The van der Waals surface area contributed by atoms with Crippen LogP contribution in [0.2, 0.25) is 0 Å². The standard InChI is InChI=1S/C29H35IO5/c30-16-17-31-18-19-32-20-21-33-22-23-34-24-25-35-29(26-10-4-1-5-11-26,27-12-6-2-7-13-27)28-14-8-3-9-15-28/h1-15H,16-25H2. The van der Waals surface area contributed by atoms with E-state index in [1.807, 2.05) is 18.2 Å². The molecule has 0 heterocycles. The highest BCUT2D eigenvalue weighted by Gasteiger charge is 2.37. The van der Waals surface area contributed by atoms with E-state index in [4.69, 9.17) is 23.7 Å². The lowest BCUT2D eigenvalue weighted by atomic mass is 9.80. The van der Waals surface area contributed by atoms with Crippen molar-refractivity contribution in [1.29, 1.82) is 0 Å². The molecule has 0 N–H and O–H groups in total. The van der Waals surface area contributed by atoms with Crippen molar-refractivity contribution in [3.05, 3.63) is 108 Å². The third-order valence-corrected chi connectivity index (χ3v) is 5.87. The summed E-state index contributed by atoms with van der Waals surface area (Å²) in [5.41, 5.74) is 2.53. The van der Waals surface area contributed by atoms with Gasteiger partial charge in [0.2, 0.25) is 0 Å². The first-order valence-corrected chi connectivity index (χ1v) is 13.6. The molecule has 0 fully saturated rings. The van der Waals surface area contributed by atoms with E-state index in [1.54, 1.807) is 0 Å². The first-order chi connectivity index (χ1) is 17.4. The summed E-state index contributed by atoms with van der Waals surface area (Å²) in [7, 11) is 0. The van der Waals surface area contributed by atoms with E-state index >= 15 is 0 Å². The molecule has 0 aliphatic rings. The molecule has 0 atom stereocenters. The van der Waals surface area contributed by atoms with Gasteiger partial charge in [0, 0.05) is 4.43 Å². The zero-order valence-electron chi connectivity index (χ0n) is 20.2. The maximum Gasteiger partial charge on any atom is 0.143 e. The van der Waals surface area contributed by atoms with Crippen molar-refractivity contribution in [2.75, 3.05) is 63.9 Å². The molecule has 6 heteroatoms. The molecule has 0 aliphatic carbocycles. The molecule has 0 aromatic heterocycles. The number of benzene rings is 3. The normalized spacial score (nSPS) is 11.6. The van der Waals surface area contributed by atoms with Gasteiger partial charge in [0.15, 0.2) is 0 Å². The topological polar surface area (TPSA) is 46.2 Å². The first-order valence-electron chi connectivity index (χ1n) is 12.1. The van der Waals surface area contributed by atoms with Gasteiger partial charge < -0.3 is 23.7 Å². The number of hydrogen-bond donors (Lipinski definition) is 0. The number of alkyl halides is 1. The molecule has 0 aliphatic heterocycles. The summed E-state index contributed by atoms with van der Waals surface area (Å²) in [5, 5.41) is 0. The lowest BCUT2D eigenvalue weighted by Gasteiger charge is -2.36. The summed E-state index contributed by atoms with van der Waals surface area (Å²) in [6.45, 7) is 5.05. The second-order valence-electron chi connectivity index (χ2n) is 7.77. The van der Waals surface area contributed by atoms with E-state index in [1.165, 1.54) is 0 Å². The fourth-order valence-corrected chi connectivity index (χ4v) is 4.15. The number of hydrogen-bond acceptors (Lipinski definition) is 5. The Kier molecular flexibility index (Phi) is 13.3. The Balaban J connectivity index is 1.49. The number of ether oxygens (including phenoxy) is 5. The molecule has 0 bridgehead atoms. The lowest BCUT2D eigenvalue weighted by Crippen LogP contribution is -2.34. The molecule has 3 rings (SSSR count). The Bertz CT molecular complexity index is 811. The van der Waals surface area contributed by atoms with Crippen LogP contribution in [-0.2, 0) is 29.3 Å². The minimum absolute atomic E-state index is 0.443. The van der Waals surface area contributed by atoms with Gasteiger partial charge in [-0.1, -0.05) is 114 Å². The third kappa shape index (κ3) is 8.97. The highest BCUT2D eigenvalue weighted by molar-refractivity contribution is 14.1. The fourth-order valence-electron chi connectivity index (χ4n) is 3.84. The van der Waals surface area contributed by atoms with E-state index < -0.39 is 5.60 Å². The molecule has 5 nitrogen and oxygen atoms in total. The van der Waals surface area contributed by atoms with Crippen molar-refractivity contribution in [1.82, 2.24) is 0 Å². The fraction of sp³-hybridized carbons (Fsp3) is 0.379. The van der Waals surface area contributed by atoms with Gasteiger partial charge in [0.25, 0.3) is 0 Å². The lowest BCUT2D eigenvalue weighted by molar-refractivity contribution is -0.0382. The average Bonchev–Trinajstić information content (AvgIpc) is 2.93. The van der Waals surface area contributed by atoms with Gasteiger partial charge in [-0.05, 0) is 16.7 Å². The van der Waals surface area contributed by atoms with Crippen LogP contribution in [0.1, 0.15) is 16.7 Å². The molecule has 0 saturated carbocycles. The van der Waals surface area contributed by atoms with Gasteiger partial charge in [-0.3, -0.25) is 0 Å². The quantitative estimate of drug-likeness (QED) is 0.0849. The Hall–Kier alpha value is -1.81. The van der Waals surface area contributed by atoms with Crippen molar-refractivity contribution in [3.8, 4) is 0 Å². The minimum atomic E-state index is -0.721. The second-order valence-corrected chi connectivity index (χ2v) is 8.84. The van der Waals surface area contributed by atoms with Crippen LogP contribution in [0.3, 0.4) is 0 Å². The van der Waals surface area contributed by atoms with Crippen LogP contribution in [0.15, 0.2) is 91.0 Å². The monoisotopic (exact) mass is 590 g/mol. The molecule has 3 aromatic rings. The Morgan fingerprint density at radius 3 is 1.09 bits per heavy atom. The molecule has 188 valence electrons. The van der Waals surface area contributed by atoms with E-state index in [-0.39, 0.29) is 0 Å². The molecule has 0 amide bonds. The van der Waals surface area contributed by atoms with E-state index in [2.05, 4.69) is 95.4 Å². The van der Waals surface area contributed by atoms with Crippen molar-refractivity contribution in [2.45, 2.75) is 5.60 Å². The predicted octanol–water partition coefficient (Wildman–Crippen LogP) is 5.50. The summed E-state index contributed by atoms with van der Waals surface area (Å²) < 4.78 is 29.9. The SMILES string of the molecule is ICCOCCOCCOCCOCCOC(c1ccccc1)(c1ccccc1)c1ccccc1. The zero-order chi connectivity index (χ0) is 24.4. The average molecular weight is 590 g/mol. The van der Waals surface area contributed by atoms with Gasteiger partial charge >= 0.3 is 0 Å². The second kappa shape index (κ2) is 16.8. The van der Waals surface area contributed by atoms with E-state index in [0.29, 0.717) is 52.9 Å². The molecule has 3 aromatic carbocycles. The molecule has 0 radical (unpaired) electrons. The first kappa shape index (κ1) is 27.8. The van der Waals surface area contributed by atoms with Gasteiger partial charge in [-0.15, -0.1) is 0 Å². The Labute approximate surface area is 222 Å². The number of rotatable bonds is 18. The summed E-state index contributed by atoms with van der Waals surface area (Å²) in [4.78, 5) is 0. The summed E-state index contributed by atoms with van der Waals surface area (Å²) in [6.07, 6.45) is 0.